The molecule has 0 aromatic heterocycles. The van der Waals surface area contributed by atoms with Crippen LogP contribution in [-0.2, 0) is 0 Å². The SMILES string of the molecule is COc1cc(C(=O)C=CN(C)C)c([N+](=O)[O-])cc1OCCCCl. The van der Waals surface area contributed by atoms with E-state index in [9.17, 15) is 14.9 Å². The van der Waals surface area contributed by atoms with Crippen LogP contribution in [0.5, 0.6) is 11.5 Å². The van der Waals surface area contributed by atoms with Crippen LogP contribution in [-0.4, -0.2) is 49.3 Å². The third-order valence-corrected chi connectivity index (χ3v) is 3.07. The molecule has 0 aliphatic heterocycles. The molecule has 0 fully saturated rings. The van der Waals surface area contributed by atoms with E-state index in [-0.39, 0.29) is 22.7 Å². The Labute approximate surface area is 139 Å². The van der Waals surface area contributed by atoms with Gasteiger partial charge in [-0.15, -0.1) is 11.6 Å². The molecule has 8 heteroatoms. The maximum atomic E-state index is 12.2. The average Bonchev–Trinajstić information content (AvgIpc) is 2.52. The fourth-order valence-corrected chi connectivity index (χ4v) is 1.82. The Morgan fingerprint density at radius 1 is 1.39 bits per heavy atom. The Morgan fingerprint density at radius 2 is 2.09 bits per heavy atom. The second-order valence-electron chi connectivity index (χ2n) is 4.81. The Bertz CT molecular complexity index is 602. The predicted octanol–water partition coefficient (Wildman–Crippen LogP) is 2.87. The van der Waals surface area contributed by atoms with Gasteiger partial charge in [-0.3, -0.25) is 14.9 Å². The van der Waals surface area contributed by atoms with E-state index in [4.69, 9.17) is 21.1 Å². The quantitative estimate of drug-likeness (QED) is 0.171. The van der Waals surface area contributed by atoms with E-state index >= 15 is 0 Å². The van der Waals surface area contributed by atoms with E-state index in [2.05, 4.69) is 0 Å². The molecule has 0 bridgehead atoms. The summed E-state index contributed by atoms with van der Waals surface area (Å²) < 4.78 is 10.6. The van der Waals surface area contributed by atoms with E-state index in [1.807, 2.05) is 0 Å². The van der Waals surface area contributed by atoms with E-state index in [0.717, 1.165) is 0 Å². The number of ether oxygens (including phenoxy) is 2. The van der Waals surface area contributed by atoms with Crippen molar-refractivity contribution in [1.82, 2.24) is 4.90 Å². The number of hydrogen-bond donors (Lipinski definition) is 0. The van der Waals surface area contributed by atoms with Gasteiger partial charge in [0.05, 0.1) is 24.7 Å². The summed E-state index contributed by atoms with van der Waals surface area (Å²) in [7, 11) is 4.89. The first-order valence-corrected chi connectivity index (χ1v) is 7.38. The molecule has 0 saturated heterocycles. The van der Waals surface area contributed by atoms with Crippen molar-refractivity contribution >= 4 is 23.1 Å². The number of halogens is 1. The van der Waals surface area contributed by atoms with Crippen molar-refractivity contribution in [3.63, 3.8) is 0 Å². The molecule has 0 spiro atoms. The van der Waals surface area contributed by atoms with E-state index < -0.39 is 10.7 Å². The third kappa shape index (κ3) is 5.45. The van der Waals surface area contributed by atoms with E-state index in [1.165, 1.54) is 31.5 Å². The molecule has 0 aliphatic carbocycles. The van der Waals surface area contributed by atoms with Gasteiger partial charge in [0.2, 0.25) is 0 Å². The number of benzene rings is 1. The number of carbonyl (C=O) groups is 1. The highest BCUT2D eigenvalue weighted by atomic mass is 35.5. The summed E-state index contributed by atoms with van der Waals surface area (Å²) >= 11 is 5.57. The second kappa shape index (κ2) is 8.99. The molecule has 126 valence electrons. The van der Waals surface area contributed by atoms with Gasteiger partial charge in [0, 0.05) is 38.3 Å². The van der Waals surface area contributed by atoms with Crippen LogP contribution in [0.3, 0.4) is 0 Å². The van der Waals surface area contributed by atoms with Crippen LogP contribution in [0.4, 0.5) is 5.69 Å². The lowest BCUT2D eigenvalue weighted by Gasteiger charge is -2.12. The summed E-state index contributed by atoms with van der Waals surface area (Å²) in [5, 5.41) is 11.2. The van der Waals surface area contributed by atoms with Gasteiger partial charge >= 0.3 is 0 Å². The molecule has 0 aliphatic rings. The number of ketones is 1. The standard InChI is InChI=1S/C15H19ClN2O5/c1-17(2)7-5-13(19)11-9-14(22-3)15(23-8-4-6-16)10-12(11)18(20)21/h5,7,9-10H,4,6,8H2,1-3H3. The first kappa shape index (κ1) is 18.8. The number of nitrogens with zero attached hydrogens (tertiary/aromatic N) is 2. The second-order valence-corrected chi connectivity index (χ2v) is 5.19. The van der Waals surface area contributed by atoms with Gasteiger partial charge in [-0.25, -0.2) is 0 Å². The summed E-state index contributed by atoms with van der Waals surface area (Å²) in [5.41, 5.74) is -0.394. The molecule has 1 rings (SSSR count). The number of carbonyl (C=O) groups excluding carboxylic acids is 1. The molecule has 0 N–H and O–H groups in total. The molecule has 1 aromatic rings. The van der Waals surface area contributed by atoms with Crippen molar-refractivity contribution in [3.05, 3.63) is 40.1 Å². The highest BCUT2D eigenvalue weighted by molar-refractivity contribution is 6.17. The monoisotopic (exact) mass is 342 g/mol. The molecule has 0 heterocycles. The normalized spacial score (nSPS) is 10.6. The first-order valence-electron chi connectivity index (χ1n) is 6.84. The summed E-state index contributed by atoms with van der Waals surface area (Å²) in [4.78, 5) is 24.5. The average molecular weight is 343 g/mol. The van der Waals surface area contributed by atoms with Gasteiger partial charge in [0.25, 0.3) is 5.69 Å². The maximum absolute atomic E-state index is 12.2. The summed E-state index contributed by atoms with van der Waals surface area (Å²) in [6.07, 6.45) is 3.37. The van der Waals surface area contributed by atoms with Crippen LogP contribution in [0.15, 0.2) is 24.4 Å². The topological polar surface area (TPSA) is 81.9 Å². The number of rotatable bonds is 9. The lowest BCUT2D eigenvalue weighted by molar-refractivity contribution is -0.385. The number of allylic oxidation sites excluding steroid dienone is 1. The van der Waals surface area contributed by atoms with Crippen LogP contribution in [0, 0.1) is 10.1 Å². The van der Waals surface area contributed by atoms with Crippen LogP contribution >= 0.6 is 11.6 Å². The molecular weight excluding hydrogens is 324 g/mol. The molecule has 0 unspecified atom stereocenters. The zero-order valence-corrected chi connectivity index (χ0v) is 14.0. The Morgan fingerprint density at radius 3 is 2.61 bits per heavy atom. The van der Waals surface area contributed by atoms with Crippen molar-refractivity contribution in [2.24, 2.45) is 0 Å². The fourth-order valence-electron chi connectivity index (χ4n) is 1.71. The third-order valence-electron chi connectivity index (χ3n) is 2.80. The van der Waals surface area contributed by atoms with Gasteiger partial charge in [-0.1, -0.05) is 0 Å². The van der Waals surface area contributed by atoms with Crippen molar-refractivity contribution in [1.29, 1.82) is 0 Å². The van der Waals surface area contributed by atoms with Gasteiger partial charge in [0.1, 0.15) is 5.56 Å². The van der Waals surface area contributed by atoms with Crippen LogP contribution in [0.25, 0.3) is 0 Å². The number of nitro groups is 1. The van der Waals surface area contributed by atoms with Crippen molar-refractivity contribution in [2.75, 3.05) is 33.7 Å². The number of methoxy groups -OCH3 is 1. The predicted molar refractivity (Wildman–Crippen MR) is 87.6 cm³/mol. The number of hydrogen-bond acceptors (Lipinski definition) is 6. The maximum Gasteiger partial charge on any atom is 0.284 e. The molecule has 7 nitrogen and oxygen atoms in total. The highest BCUT2D eigenvalue weighted by Gasteiger charge is 2.23. The summed E-state index contributed by atoms with van der Waals surface area (Å²) in [6, 6.07) is 2.51. The van der Waals surface area contributed by atoms with Gasteiger partial charge in [-0.2, -0.15) is 0 Å². The number of nitro benzene ring substituents is 1. The van der Waals surface area contributed by atoms with Crippen molar-refractivity contribution < 1.29 is 19.2 Å². The fraction of sp³-hybridized carbons (Fsp3) is 0.400. The van der Waals surface area contributed by atoms with E-state index in [1.54, 1.807) is 19.0 Å². The minimum atomic E-state index is -0.620. The molecular formula is C15H19ClN2O5. The van der Waals surface area contributed by atoms with Gasteiger partial charge in [0.15, 0.2) is 17.3 Å². The summed E-state index contributed by atoms with van der Waals surface area (Å²) in [5.74, 6) is 0.385. The largest absolute Gasteiger partial charge is 0.493 e. The van der Waals surface area contributed by atoms with Crippen molar-refractivity contribution in [2.45, 2.75) is 6.42 Å². The first-order chi connectivity index (χ1) is 10.9. The Hall–Kier alpha value is -2.28. The van der Waals surface area contributed by atoms with Gasteiger partial charge < -0.3 is 14.4 Å². The van der Waals surface area contributed by atoms with Crippen LogP contribution in [0.2, 0.25) is 0 Å². The summed E-state index contributed by atoms with van der Waals surface area (Å²) in [6.45, 7) is 0.296. The Kier molecular flexibility index (Phi) is 7.34. The number of alkyl halides is 1. The zero-order chi connectivity index (χ0) is 17.4. The van der Waals surface area contributed by atoms with Crippen LogP contribution < -0.4 is 9.47 Å². The molecule has 0 radical (unpaired) electrons. The van der Waals surface area contributed by atoms with E-state index in [0.29, 0.717) is 18.9 Å². The van der Waals surface area contributed by atoms with Crippen LogP contribution in [0.1, 0.15) is 16.8 Å². The molecule has 1 aromatic carbocycles. The smallest absolute Gasteiger partial charge is 0.284 e. The lowest BCUT2D eigenvalue weighted by Crippen LogP contribution is -2.07. The minimum absolute atomic E-state index is 0.0605. The van der Waals surface area contributed by atoms with Crippen molar-refractivity contribution in [3.8, 4) is 11.5 Å². The molecule has 0 amide bonds. The zero-order valence-electron chi connectivity index (χ0n) is 13.2. The minimum Gasteiger partial charge on any atom is -0.493 e. The lowest BCUT2D eigenvalue weighted by atomic mass is 10.1. The molecule has 23 heavy (non-hydrogen) atoms. The highest BCUT2D eigenvalue weighted by Crippen LogP contribution is 2.35. The Balaban J connectivity index is 3.24. The molecule has 0 atom stereocenters. The molecule has 0 saturated carbocycles. The van der Waals surface area contributed by atoms with Gasteiger partial charge in [-0.05, 0) is 6.42 Å².